The van der Waals surface area contributed by atoms with Crippen molar-refractivity contribution in [1.29, 1.82) is 0 Å². The van der Waals surface area contributed by atoms with Gasteiger partial charge in [-0.25, -0.2) is 4.79 Å². The predicted molar refractivity (Wildman–Crippen MR) is 103 cm³/mol. The van der Waals surface area contributed by atoms with Crippen LogP contribution in [0.1, 0.15) is 44.3 Å². The van der Waals surface area contributed by atoms with Crippen LogP contribution >= 0.6 is 0 Å². The van der Waals surface area contributed by atoms with Crippen molar-refractivity contribution in [3.8, 4) is 0 Å². The minimum atomic E-state index is -0.158. The lowest BCUT2D eigenvalue weighted by Crippen LogP contribution is -2.43. The number of anilines is 1. The van der Waals surface area contributed by atoms with E-state index in [0.29, 0.717) is 6.54 Å². The SMILES string of the molecule is CCN1CCC(C2CCN(C(=O)OC3CNc4ccccc43)CC2)CC1. The normalized spacial score (nSPS) is 25.0. The molecular formula is C21H31N3O2. The highest BCUT2D eigenvalue weighted by Crippen LogP contribution is 2.34. The number of carbonyl (C=O) groups excluding carboxylic acids is 1. The molecule has 2 saturated heterocycles. The zero-order valence-corrected chi connectivity index (χ0v) is 15.8. The van der Waals surface area contributed by atoms with Crippen molar-refractivity contribution in [3.05, 3.63) is 29.8 Å². The molecule has 0 radical (unpaired) electrons. The molecule has 2 fully saturated rings. The number of fused-ring (bicyclic) bond motifs is 1. The van der Waals surface area contributed by atoms with Gasteiger partial charge in [-0.2, -0.15) is 0 Å². The summed E-state index contributed by atoms with van der Waals surface area (Å²) in [6.45, 7) is 8.30. The van der Waals surface area contributed by atoms with E-state index in [-0.39, 0.29) is 12.2 Å². The van der Waals surface area contributed by atoms with Crippen LogP contribution in [0.3, 0.4) is 0 Å². The summed E-state index contributed by atoms with van der Waals surface area (Å²) in [5.74, 6) is 1.63. The van der Waals surface area contributed by atoms with E-state index in [9.17, 15) is 4.79 Å². The summed E-state index contributed by atoms with van der Waals surface area (Å²) in [5.41, 5.74) is 2.18. The van der Waals surface area contributed by atoms with Crippen LogP contribution in [0, 0.1) is 11.8 Å². The topological polar surface area (TPSA) is 44.8 Å². The molecule has 0 bridgehead atoms. The number of hydrogen-bond acceptors (Lipinski definition) is 4. The Bertz CT molecular complexity index is 619. The van der Waals surface area contributed by atoms with E-state index < -0.39 is 0 Å². The van der Waals surface area contributed by atoms with Crippen LogP contribution in [0.25, 0.3) is 0 Å². The van der Waals surface area contributed by atoms with Gasteiger partial charge in [-0.3, -0.25) is 0 Å². The molecule has 5 nitrogen and oxygen atoms in total. The number of carbonyl (C=O) groups is 1. The maximum atomic E-state index is 12.6. The second-order valence-electron chi connectivity index (χ2n) is 7.94. The Morgan fingerprint density at radius 3 is 2.42 bits per heavy atom. The van der Waals surface area contributed by atoms with E-state index in [2.05, 4.69) is 17.1 Å². The Kier molecular flexibility index (Phi) is 5.34. The lowest BCUT2D eigenvalue weighted by atomic mass is 9.79. The van der Waals surface area contributed by atoms with E-state index in [0.717, 1.165) is 49.0 Å². The summed E-state index contributed by atoms with van der Waals surface area (Å²) in [7, 11) is 0. The summed E-state index contributed by atoms with van der Waals surface area (Å²) >= 11 is 0. The van der Waals surface area contributed by atoms with Gasteiger partial charge in [0, 0.05) is 24.3 Å². The van der Waals surface area contributed by atoms with Crippen LogP contribution in [0.4, 0.5) is 10.5 Å². The van der Waals surface area contributed by atoms with Crippen LogP contribution in [-0.4, -0.2) is 55.2 Å². The molecule has 1 unspecified atom stereocenters. The van der Waals surface area contributed by atoms with Crippen molar-refractivity contribution in [1.82, 2.24) is 9.80 Å². The summed E-state index contributed by atoms with van der Waals surface area (Å²) in [6, 6.07) is 8.09. The molecule has 1 amide bonds. The zero-order chi connectivity index (χ0) is 17.9. The van der Waals surface area contributed by atoms with E-state index in [4.69, 9.17) is 4.74 Å². The number of amides is 1. The van der Waals surface area contributed by atoms with Crippen molar-refractivity contribution < 1.29 is 9.53 Å². The molecule has 3 aliphatic heterocycles. The molecule has 3 aliphatic rings. The average Bonchev–Trinajstić information content (AvgIpc) is 3.11. The van der Waals surface area contributed by atoms with Gasteiger partial charge in [-0.1, -0.05) is 25.1 Å². The molecule has 26 heavy (non-hydrogen) atoms. The minimum Gasteiger partial charge on any atom is -0.439 e. The van der Waals surface area contributed by atoms with E-state index in [1.807, 2.05) is 29.2 Å². The van der Waals surface area contributed by atoms with Crippen molar-refractivity contribution in [3.63, 3.8) is 0 Å². The number of ether oxygens (including phenoxy) is 1. The third kappa shape index (κ3) is 3.68. The molecule has 5 heteroatoms. The van der Waals surface area contributed by atoms with Crippen LogP contribution in [0.2, 0.25) is 0 Å². The van der Waals surface area contributed by atoms with Crippen molar-refractivity contribution in [2.75, 3.05) is 44.6 Å². The zero-order valence-electron chi connectivity index (χ0n) is 15.8. The smallest absolute Gasteiger partial charge is 0.410 e. The highest BCUT2D eigenvalue weighted by Gasteiger charge is 2.33. The number of benzene rings is 1. The molecular weight excluding hydrogens is 326 g/mol. The number of hydrogen-bond donors (Lipinski definition) is 1. The Hall–Kier alpha value is -1.75. The van der Waals surface area contributed by atoms with Crippen molar-refractivity contribution in [2.24, 2.45) is 11.8 Å². The molecule has 0 spiro atoms. The molecule has 3 heterocycles. The summed E-state index contributed by atoms with van der Waals surface area (Å²) in [5, 5.41) is 3.32. The quantitative estimate of drug-likeness (QED) is 0.895. The standard InChI is InChI=1S/C21H31N3O2/c1-2-23-11-7-16(8-12-23)17-9-13-24(14-10-17)21(25)26-20-15-22-19-6-4-3-5-18(19)20/h3-6,16-17,20,22H,2,7-15H2,1H3. The maximum absolute atomic E-state index is 12.6. The molecule has 0 aromatic heterocycles. The van der Waals surface area contributed by atoms with Gasteiger partial charge in [-0.15, -0.1) is 0 Å². The molecule has 0 saturated carbocycles. The second kappa shape index (κ2) is 7.87. The van der Waals surface area contributed by atoms with Gasteiger partial charge in [0.15, 0.2) is 0 Å². The fourth-order valence-corrected chi connectivity index (χ4v) is 4.85. The molecule has 1 aromatic carbocycles. The summed E-state index contributed by atoms with van der Waals surface area (Å²) < 4.78 is 5.80. The van der Waals surface area contributed by atoms with Gasteiger partial charge < -0.3 is 19.9 Å². The van der Waals surface area contributed by atoms with Gasteiger partial charge in [0.05, 0.1) is 6.54 Å². The lowest BCUT2D eigenvalue weighted by Gasteiger charge is -2.39. The maximum Gasteiger partial charge on any atom is 0.410 e. The number of likely N-dealkylation sites (tertiary alicyclic amines) is 2. The molecule has 1 atom stereocenters. The monoisotopic (exact) mass is 357 g/mol. The first kappa shape index (κ1) is 17.7. The highest BCUT2D eigenvalue weighted by atomic mass is 16.6. The van der Waals surface area contributed by atoms with Gasteiger partial charge in [0.25, 0.3) is 0 Å². The minimum absolute atomic E-state index is 0.146. The first-order valence-corrected chi connectivity index (χ1v) is 10.2. The second-order valence-corrected chi connectivity index (χ2v) is 7.94. The van der Waals surface area contributed by atoms with E-state index in [1.165, 1.54) is 32.5 Å². The summed E-state index contributed by atoms with van der Waals surface area (Å²) in [6.07, 6.45) is 4.61. The number of para-hydroxylation sites is 1. The van der Waals surface area contributed by atoms with E-state index >= 15 is 0 Å². The number of nitrogens with one attached hydrogen (secondary N) is 1. The number of rotatable bonds is 3. The molecule has 1 N–H and O–H groups in total. The first-order chi connectivity index (χ1) is 12.7. The number of nitrogens with zero attached hydrogens (tertiary/aromatic N) is 2. The van der Waals surface area contributed by atoms with Gasteiger partial charge >= 0.3 is 6.09 Å². The van der Waals surface area contributed by atoms with E-state index in [1.54, 1.807) is 0 Å². The fraction of sp³-hybridized carbons (Fsp3) is 0.667. The Labute approximate surface area is 156 Å². The van der Waals surface area contributed by atoms with Crippen LogP contribution in [0.5, 0.6) is 0 Å². The lowest BCUT2D eigenvalue weighted by molar-refractivity contribution is 0.0485. The average molecular weight is 357 g/mol. The third-order valence-corrected chi connectivity index (χ3v) is 6.57. The van der Waals surface area contributed by atoms with Crippen LogP contribution in [0.15, 0.2) is 24.3 Å². The van der Waals surface area contributed by atoms with Gasteiger partial charge in [0.1, 0.15) is 6.10 Å². The van der Waals surface area contributed by atoms with Crippen molar-refractivity contribution in [2.45, 2.75) is 38.7 Å². The fourth-order valence-electron chi connectivity index (χ4n) is 4.85. The number of piperidine rings is 2. The summed E-state index contributed by atoms with van der Waals surface area (Å²) in [4.78, 5) is 17.1. The Balaban J connectivity index is 1.25. The van der Waals surface area contributed by atoms with Gasteiger partial charge in [-0.05, 0) is 63.2 Å². The molecule has 142 valence electrons. The van der Waals surface area contributed by atoms with Crippen LogP contribution < -0.4 is 5.32 Å². The highest BCUT2D eigenvalue weighted by molar-refractivity contribution is 5.69. The molecule has 4 rings (SSSR count). The Morgan fingerprint density at radius 2 is 1.73 bits per heavy atom. The van der Waals surface area contributed by atoms with Crippen molar-refractivity contribution >= 4 is 11.8 Å². The first-order valence-electron chi connectivity index (χ1n) is 10.2. The predicted octanol–water partition coefficient (Wildman–Crippen LogP) is 3.73. The van der Waals surface area contributed by atoms with Crippen LogP contribution in [-0.2, 0) is 4.74 Å². The Morgan fingerprint density at radius 1 is 1.08 bits per heavy atom. The van der Waals surface area contributed by atoms with Gasteiger partial charge in [0.2, 0.25) is 0 Å². The largest absolute Gasteiger partial charge is 0.439 e. The third-order valence-electron chi connectivity index (χ3n) is 6.57. The molecule has 1 aromatic rings. The molecule has 0 aliphatic carbocycles.